The molecule has 0 radical (unpaired) electrons. The van der Waals surface area contributed by atoms with E-state index in [2.05, 4.69) is 10.3 Å². The van der Waals surface area contributed by atoms with E-state index in [1.807, 2.05) is 5.38 Å². The molecule has 3 rings (SSSR count). The van der Waals surface area contributed by atoms with Crippen LogP contribution < -0.4 is 11.1 Å². The van der Waals surface area contributed by atoms with E-state index < -0.39 is 0 Å². The zero-order chi connectivity index (χ0) is 17.1. The summed E-state index contributed by atoms with van der Waals surface area (Å²) in [5.41, 5.74) is 6.90. The van der Waals surface area contributed by atoms with Crippen LogP contribution in [0.25, 0.3) is 11.3 Å². The second-order valence-corrected chi connectivity index (χ2v) is 6.87. The van der Waals surface area contributed by atoms with Crippen LogP contribution in [0.2, 0.25) is 0 Å². The summed E-state index contributed by atoms with van der Waals surface area (Å²) >= 11 is 1.38. The van der Waals surface area contributed by atoms with E-state index in [-0.39, 0.29) is 36.0 Å². The molecule has 5 nitrogen and oxygen atoms in total. The molecule has 1 aromatic carbocycles. The maximum Gasteiger partial charge on any atom is 0.227 e. The fourth-order valence-corrected chi connectivity index (χ4v) is 3.82. The summed E-state index contributed by atoms with van der Waals surface area (Å²) < 4.78 is 13.0. The molecule has 2 aromatic rings. The van der Waals surface area contributed by atoms with Gasteiger partial charge in [-0.2, -0.15) is 0 Å². The zero-order valence-corrected chi connectivity index (χ0v) is 13.8. The lowest BCUT2D eigenvalue weighted by Gasteiger charge is -2.17. The minimum atomic E-state index is -0.356. The molecule has 0 unspecified atom stereocenters. The SMILES string of the molecule is NC(=O)[C@@H]1CCC[C@H]1NC(=O)Cc1nc(-c2ccc(F)cc2)cs1. The molecule has 1 heterocycles. The lowest BCUT2D eigenvalue weighted by atomic mass is 10.0. The Bertz CT molecular complexity index is 745. The Hall–Kier alpha value is -2.28. The summed E-state index contributed by atoms with van der Waals surface area (Å²) in [6.07, 6.45) is 2.56. The van der Waals surface area contributed by atoms with Gasteiger partial charge in [-0.1, -0.05) is 6.42 Å². The Morgan fingerprint density at radius 1 is 1.29 bits per heavy atom. The van der Waals surface area contributed by atoms with Gasteiger partial charge in [0, 0.05) is 17.0 Å². The fraction of sp³-hybridized carbons (Fsp3) is 0.353. The first-order valence-electron chi connectivity index (χ1n) is 7.82. The number of nitrogens with two attached hydrogens (primary N) is 1. The predicted molar refractivity (Wildman–Crippen MR) is 89.7 cm³/mol. The molecule has 7 heteroatoms. The third kappa shape index (κ3) is 3.79. The van der Waals surface area contributed by atoms with Crippen molar-refractivity contribution in [2.45, 2.75) is 31.7 Å². The topological polar surface area (TPSA) is 85.1 Å². The Morgan fingerprint density at radius 3 is 2.75 bits per heavy atom. The van der Waals surface area contributed by atoms with Gasteiger partial charge in [-0.3, -0.25) is 9.59 Å². The number of primary amides is 1. The number of aromatic nitrogens is 1. The van der Waals surface area contributed by atoms with E-state index >= 15 is 0 Å². The van der Waals surface area contributed by atoms with Crippen LogP contribution >= 0.6 is 11.3 Å². The molecule has 24 heavy (non-hydrogen) atoms. The number of thiazole rings is 1. The average molecular weight is 347 g/mol. The van der Waals surface area contributed by atoms with Gasteiger partial charge < -0.3 is 11.1 Å². The smallest absolute Gasteiger partial charge is 0.227 e. The molecule has 1 aliphatic rings. The fourth-order valence-electron chi connectivity index (χ4n) is 3.01. The van der Waals surface area contributed by atoms with Crippen molar-refractivity contribution >= 4 is 23.2 Å². The van der Waals surface area contributed by atoms with Crippen LogP contribution in [0.4, 0.5) is 4.39 Å². The van der Waals surface area contributed by atoms with Crippen LogP contribution in [0.3, 0.4) is 0 Å². The molecule has 0 saturated heterocycles. The molecule has 1 saturated carbocycles. The van der Waals surface area contributed by atoms with Crippen LogP contribution in [0.15, 0.2) is 29.6 Å². The lowest BCUT2D eigenvalue weighted by molar-refractivity contribution is -0.124. The largest absolute Gasteiger partial charge is 0.369 e. The highest BCUT2D eigenvalue weighted by Crippen LogP contribution is 2.26. The number of nitrogens with one attached hydrogen (secondary N) is 1. The quantitative estimate of drug-likeness (QED) is 0.870. The van der Waals surface area contributed by atoms with E-state index in [4.69, 9.17) is 5.73 Å². The highest BCUT2D eigenvalue weighted by molar-refractivity contribution is 7.10. The van der Waals surface area contributed by atoms with Gasteiger partial charge in [-0.15, -0.1) is 11.3 Å². The zero-order valence-electron chi connectivity index (χ0n) is 13.0. The van der Waals surface area contributed by atoms with Gasteiger partial charge in [0.2, 0.25) is 11.8 Å². The highest BCUT2D eigenvalue weighted by atomic mass is 32.1. The molecule has 126 valence electrons. The number of amides is 2. The molecule has 2 amide bonds. The van der Waals surface area contributed by atoms with Gasteiger partial charge in [0.05, 0.1) is 18.0 Å². The molecule has 1 aliphatic carbocycles. The van der Waals surface area contributed by atoms with Crippen molar-refractivity contribution in [1.29, 1.82) is 0 Å². The minimum Gasteiger partial charge on any atom is -0.369 e. The lowest BCUT2D eigenvalue weighted by Crippen LogP contribution is -2.42. The van der Waals surface area contributed by atoms with Crippen LogP contribution in [-0.2, 0) is 16.0 Å². The number of rotatable bonds is 5. The Balaban J connectivity index is 1.61. The molecule has 2 atom stereocenters. The summed E-state index contributed by atoms with van der Waals surface area (Å²) in [6.45, 7) is 0. The number of benzene rings is 1. The number of carbonyl (C=O) groups excluding carboxylic acids is 2. The summed E-state index contributed by atoms with van der Waals surface area (Å²) in [4.78, 5) is 28.0. The van der Waals surface area contributed by atoms with Crippen molar-refractivity contribution in [1.82, 2.24) is 10.3 Å². The predicted octanol–water partition coefficient (Wildman–Crippen LogP) is 2.26. The van der Waals surface area contributed by atoms with Crippen molar-refractivity contribution in [3.05, 3.63) is 40.5 Å². The summed E-state index contributed by atoms with van der Waals surface area (Å²) in [5, 5.41) is 5.42. The molecule has 3 N–H and O–H groups in total. The van der Waals surface area contributed by atoms with E-state index in [1.54, 1.807) is 12.1 Å². The van der Waals surface area contributed by atoms with Gasteiger partial charge in [-0.25, -0.2) is 9.37 Å². The number of hydrogen-bond acceptors (Lipinski definition) is 4. The van der Waals surface area contributed by atoms with Gasteiger partial charge in [0.15, 0.2) is 0 Å². The normalized spacial score (nSPS) is 20.0. The number of halogens is 1. The first-order chi connectivity index (χ1) is 11.5. The molecular weight excluding hydrogens is 329 g/mol. The van der Waals surface area contributed by atoms with E-state index in [9.17, 15) is 14.0 Å². The third-order valence-electron chi connectivity index (χ3n) is 4.23. The van der Waals surface area contributed by atoms with Crippen molar-refractivity contribution in [3.63, 3.8) is 0 Å². The molecule has 0 bridgehead atoms. The second-order valence-electron chi connectivity index (χ2n) is 5.92. The van der Waals surface area contributed by atoms with Gasteiger partial charge in [0.1, 0.15) is 10.8 Å². The number of carbonyl (C=O) groups is 2. The highest BCUT2D eigenvalue weighted by Gasteiger charge is 2.32. The summed E-state index contributed by atoms with van der Waals surface area (Å²) in [5.74, 6) is -1.09. The van der Waals surface area contributed by atoms with Crippen LogP contribution in [0, 0.1) is 11.7 Å². The van der Waals surface area contributed by atoms with E-state index in [0.717, 1.165) is 30.5 Å². The van der Waals surface area contributed by atoms with Crippen molar-refractivity contribution < 1.29 is 14.0 Å². The van der Waals surface area contributed by atoms with Crippen molar-refractivity contribution in [2.24, 2.45) is 11.7 Å². The maximum absolute atomic E-state index is 13.0. The van der Waals surface area contributed by atoms with Crippen LogP contribution in [-0.4, -0.2) is 22.8 Å². The number of hydrogen-bond donors (Lipinski definition) is 2. The van der Waals surface area contributed by atoms with Gasteiger partial charge >= 0.3 is 0 Å². The monoisotopic (exact) mass is 347 g/mol. The van der Waals surface area contributed by atoms with Gasteiger partial charge in [0.25, 0.3) is 0 Å². The molecule has 0 spiro atoms. The van der Waals surface area contributed by atoms with Gasteiger partial charge in [-0.05, 0) is 37.1 Å². The average Bonchev–Trinajstić information content (AvgIpc) is 3.17. The summed E-state index contributed by atoms with van der Waals surface area (Å²) in [7, 11) is 0. The first-order valence-corrected chi connectivity index (χ1v) is 8.70. The Morgan fingerprint density at radius 2 is 2.04 bits per heavy atom. The summed E-state index contributed by atoms with van der Waals surface area (Å²) in [6, 6.07) is 5.90. The van der Waals surface area contributed by atoms with Crippen LogP contribution in [0.5, 0.6) is 0 Å². The Kier molecular flexibility index (Phi) is 4.89. The first kappa shape index (κ1) is 16.6. The van der Waals surface area contributed by atoms with Crippen molar-refractivity contribution in [3.8, 4) is 11.3 Å². The standard InChI is InChI=1S/C17H18FN3O2S/c18-11-6-4-10(5-7-11)14-9-24-16(21-14)8-15(22)20-13-3-1-2-12(13)17(19)23/h4-7,9,12-13H,1-3,8H2,(H2,19,23)(H,20,22)/t12-,13-/m1/s1. The van der Waals surface area contributed by atoms with E-state index in [0.29, 0.717) is 5.01 Å². The molecule has 1 aromatic heterocycles. The molecule has 0 aliphatic heterocycles. The molecular formula is C17H18FN3O2S. The van der Waals surface area contributed by atoms with Crippen LogP contribution in [0.1, 0.15) is 24.3 Å². The third-order valence-corrected chi connectivity index (χ3v) is 5.08. The number of nitrogens with zero attached hydrogens (tertiary/aromatic N) is 1. The second kappa shape index (κ2) is 7.09. The van der Waals surface area contributed by atoms with Crippen molar-refractivity contribution in [2.75, 3.05) is 0 Å². The van der Waals surface area contributed by atoms with E-state index in [1.165, 1.54) is 23.5 Å². The Labute approximate surface area is 143 Å². The minimum absolute atomic E-state index is 0.159. The maximum atomic E-state index is 13.0. The molecule has 1 fully saturated rings.